The predicted octanol–water partition coefficient (Wildman–Crippen LogP) is 24.2. The van der Waals surface area contributed by atoms with Gasteiger partial charge in [0.25, 0.3) is 13.4 Å². The van der Waals surface area contributed by atoms with Crippen LogP contribution in [0.1, 0.15) is 101 Å². The second kappa shape index (κ2) is 24.6. The summed E-state index contributed by atoms with van der Waals surface area (Å²) in [6, 6.07) is 130. The zero-order valence-corrected chi connectivity index (χ0v) is 65.2. The summed E-state index contributed by atoms with van der Waals surface area (Å²) in [4.78, 5) is 7.80. The van der Waals surface area contributed by atoms with Gasteiger partial charge in [-0.2, -0.15) is 0 Å². The number of benzene rings is 16. The van der Waals surface area contributed by atoms with Gasteiger partial charge in [-0.1, -0.05) is 323 Å². The highest BCUT2D eigenvalue weighted by Crippen LogP contribution is 2.65. The molecule has 4 heterocycles. The van der Waals surface area contributed by atoms with Gasteiger partial charge in [0.05, 0.1) is 16.8 Å². The quantitative estimate of drug-likeness (QED) is 0.148. The van der Waals surface area contributed by atoms with E-state index in [1.807, 2.05) is 0 Å². The van der Waals surface area contributed by atoms with Crippen LogP contribution in [0.4, 0.5) is 51.2 Å². The first-order valence-electron chi connectivity index (χ1n) is 40.2. The molecule has 0 N–H and O–H groups in total. The first-order valence-corrected chi connectivity index (χ1v) is 40.2. The highest BCUT2D eigenvalue weighted by Gasteiger charge is 2.54. The smallest absolute Gasteiger partial charge is 0.256 e. The molecule has 6 aliphatic rings. The van der Waals surface area contributed by atoms with E-state index >= 15 is 0 Å². The molecule has 0 amide bonds. The first kappa shape index (κ1) is 67.0. The van der Waals surface area contributed by atoms with Crippen molar-refractivity contribution in [1.29, 1.82) is 0 Å². The van der Waals surface area contributed by atoms with Crippen LogP contribution in [0, 0.1) is 0 Å². The van der Waals surface area contributed by atoms with Crippen LogP contribution in [0.15, 0.2) is 340 Å². The SMILES string of the molecule is CC(C)(C)c1cc(-c2cc3c4c(c2)N(c2c(-c5ccccc5)cc(C(C)(C)C)cc2-c2ccccc2)c2ccccc2B4c2cc4c(cc2N3c2ccccc2)Oc2cc3cc(-c5cccc6c5C5(c7ccccc7-c7ccccc75)c5ccccc5-6)ccc3c3c2B4c2ccccc2N3c2ccccc2)cc(C(C)(C)C)c1. The fraction of sp³-hybridized carbons (Fsp3) is 0.121. The average molecular weight is 1450 g/mol. The van der Waals surface area contributed by atoms with E-state index in [2.05, 4.69) is 417 Å². The maximum absolute atomic E-state index is 8.00. The van der Waals surface area contributed by atoms with Crippen molar-refractivity contribution >= 4 is 108 Å². The van der Waals surface area contributed by atoms with E-state index in [4.69, 9.17) is 4.74 Å². The van der Waals surface area contributed by atoms with Gasteiger partial charge in [0.15, 0.2) is 0 Å². The van der Waals surface area contributed by atoms with Gasteiger partial charge in [-0.05, 0) is 222 Å². The summed E-state index contributed by atoms with van der Waals surface area (Å²) in [7, 11) is 0. The summed E-state index contributed by atoms with van der Waals surface area (Å²) in [6.45, 7) is 20.7. The van der Waals surface area contributed by atoms with E-state index in [0.29, 0.717) is 0 Å². The molecule has 1 spiro atoms. The highest BCUT2D eigenvalue weighted by molar-refractivity contribution is 7.02. The highest BCUT2D eigenvalue weighted by atomic mass is 16.5. The second-order valence-corrected chi connectivity index (χ2v) is 35.0. The number of ether oxygens (including phenoxy) is 1. The fourth-order valence-corrected chi connectivity index (χ4v) is 20.3. The summed E-state index contributed by atoms with van der Waals surface area (Å²) in [5, 5.41) is 2.27. The Morgan fingerprint density at radius 3 is 1.28 bits per heavy atom. The van der Waals surface area contributed by atoms with Crippen LogP contribution in [-0.2, 0) is 21.7 Å². The molecule has 0 aromatic heterocycles. The third-order valence-corrected chi connectivity index (χ3v) is 25.5. The van der Waals surface area contributed by atoms with Gasteiger partial charge in [-0.3, -0.25) is 0 Å². The molecule has 2 aliphatic carbocycles. The fourth-order valence-electron chi connectivity index (χ4n) is 20.3. The van der Waals surface area contributed by atoms with Crippen molar-refractivity contribution in [2.24, 2.45) is 0 Å². The summed E-state index contributed by atoms with van der Waals surface area (Å²) in [6.07, 6.45) is 0. The minimum absolute atomic E-state index is 0.131. The largest absolute Gasteiger partial charge is 0.458 e. The van der Waals surface area contributed by atoms with Crippen molar-refractivity contribution < 1.29 is 4.74 Å². The third kappa shape index (κ3) is 9.91. The number of rotatable bonds is 7. The van der Waals surface area contributed by atoms with Crippen LogP contribution in [0.5, 0.6) is 11.5 Å². The lowest BCUT2D eigenvalue weighted by Crippen LogP contribution is -2.64. The number of nitrogens with zero attached hydrogens (tertiary/aromatic N) is 3. The number of hydrogen-bond donors (Lipinski definition) is 0. The number of hydrogen-bond acceptors (Lipinski definition) is 4. The molecule has 538 valence electrons. The predicted molar refractivity (Wildman–Crippen MR) is 478 cm³/mol. The van der Waals surface area contributed by atoms with Crippen molar-refractivity contribution in [2.75, 3.05) is 14.7 Å². The molecule has 6 heteroatoms. The minimum Gasteiger partial charge on any atom is -0.458 e. The van der Waals surface area contributed by atoms with Gasteiger partial charge in [-0.15, -0.1) is 0 Å². The van der Waals surface area contributed by atoms with E-state index < -0.39 is 5.41 Å². The third-order valence-electron chi connectivity index (χ3n) is 25.5. The molecule has 113 heavy (non-hydrogen) atoms. The maximum Gasteiger partial charge on any atom is 0.256 e. The number of fused-ring (bicyclic) bond motifs is 20. The van der Waals surface area contributed by atoms with Crippen LogP contribution in [0.3, 0.4) is 0 Å². The van der Waals surface area contributed by atoms with Crippen molar-refractivity contribution in [1.82, 2.24) is 0 Å². The van der Waals surface area contributed by atoms with Gasteiger partial charge in [-0.25, -0.2) is 0 Å². The molecule has 22 rings (SSSR count). The van der Waals surface area contributed by atoms with E-state index in [1.165, 1.54) is 122 Å². The van der Waals surface area contributed by atoms with Gasteiger partial charge in [0.2, 0.25) is 0 Å². The normalized spacial score (nSPS) is 14.1. The lowest BCUT2D eigenvalue weighted by molar-refractivity contribution is 0.488. The molecule has 4 nitrogen and oxygen atoms in total. The van der Waals surface area contributed by atoms with Crippen LogP contribution >= 0.6 is 0 Å². The molecule has 16 aromatic carbocycles. The summed E-state index contributed by atoms with van der Waals surface area (Å²) in [5.41, 5.74) is 40.2. The molecule has 0 fully saturated rings. The minimum atomic E-state index is -0.529. The maximum atomic E-state index is 8.00. The molecule has 0 bridgehead atoms. The van der Waals surface area contributed by atoms with E-state index in [0.717, 1.165) is 90.0 Å². The molecular weight excluding hydrogens is 1360 g/mol. The Balaban J connectivity index is 0.812. The Kier molecular flexibility index (Phi) is 14.6. The average Bonchev–Trinajstić information content (AvgIpc) is 1.61. The molecule has 4 aliphatic heterocycles. The standard InChI is InChI=1S/C107H83B2N3O/c1-104(2,3)72-56-69(57-73(61-72)105(4,5)6)70-58-95-100-96(59-70)112(102-83(66-33-14-10-15-34-66)62-74(106(7,8)9)63-84(102)67-35-16-11-17-36-67)93-52-31-29-50-89(93)108(100)90-64-91-97(65-94(90)110(95)75-37-18-12-19-38-75)113-98-60-71-55-68(53-54-78(71)103-101(98)109(91)88-49-28-30-51-92(88)111(103)76-39-20-13-21-40-76)77-44-32-45-82-81-43-24-27-48-87(81)107(99(77)82)85-46-25-22-41-79(85)80-42-23-26-47-86(80)107/h10-65H,1-9H3. The molecule has 0 saturated heterocycles. The second-order valence-electron chi connectivity index (χ2n) is 35.0. The Morgan fingerprint density at radius 2 is 0.717 bits per heavy atom. The van der Waals surface area contributed by atoms with Crippen LogP contribution in [-0.4, -0.2) is 13.4 Å². The monoisotopic (exact) mass is 1450 g/mol. The van der Waals surface area contributed by atoms with Crippen molar-refractivity contribution in [3.8, 4) is 78.3 Å². The molecule has 0 atom stereocenters. The molecule has 0 saturated carbocycles. The first-order chi connectivity index (χ1) is 55.0. The lowest BCUT2D eigenvalue weighted by atomic mass is 9.30. The van der Waals surface area contributed by atoms with E-state index in [9.17, 15) is 0 Å². The zero-order chi connectivity index (χ0) is 76.1. The Morgan fingerprint density at radius 1 is 0.265 bits per heavy atom. The van der Waals surface area contributed by atoms with Crippen molar-refractivity contribution in [3.05, 3.63) is 379 Å². The number of para-hydroxylation sites is 4. The van der Waals surface area contributed by atoms with E-state index in [1.54, 1.807) is 0 Å². The van der Waals surface area contributed by atoms with Crippen molar-refractivity contribution in [2.45, 2.75) is 84.0 Å². The summed E-state index contributed by atoms with van der Waals surface area (Å²) in [5.74, 6) is 1.71. The van der Waals surface area contributed by atoms with Crippen LogP contribution in [0.25, 0.3) is 77.5 Å². The van der Waals surface area contributed by atoms with E-state index in [-0.39, 0.29) is 29.7 Å². The van der Waals surface area contributed by atoms with Gasteiger partial charge in [0.1, 0.15) is 11.5 Å². The topological polar surface area (TPSA) is 19.0 Å². The Bertz CT molecular complexity index is 6530. The molecular formula is C107H83B2N3O. The Labute approximate surface area is 664 Å². The van der Waals surface area contributed by atoms with Crippen molar-refractivity contribution in [3.63, 3.8) is 0 Å². The summed E-state index contributed by atoms with van der Waals surface area (Å²) < 4.78 is 8.00. The summed E-state index contributed by atoms with van der Waals surface area (Å²) >= 11 is 0. The molecule has 16 aromatic rings. The van der Waals surface area contributed by atoms with Gasteiger partial charge >= 0.3 is 0 Å². The molecule has 0 radical (unpaired) electrons. The van der Waals surface area contributed by atoms with Gasteiger partial charge < -0.3 is 19.4 Å². The van der Waals surface area contributed by atoms with Crippen LogP contribution < -0.4 is 52.2 Å². The lowest BCUT2D eigenvalue weighted by Gasteiger charge is -2.46. The van der Waals surface area contributed by atoms with Gasteiger partial charge in [0, 0.05) is 62.4 Å². The zero-order valence-electron chi connectivity index (χ0n) is 65.2. The van der Waals surface area contributed by atoms with Crippen LogP contribution in [0.2, 0.25) is 0 Å². The Hall–Kier alpha value is -12.9. The number of anilines is 9. The molecule has 0 unspecified atom stereocenters.